The van der Waals surface area contributed by atoms with Crippen molar-refractivity contribution < 1.29 is 18.7 Å². The van der Waals surface area contributed by atoms with E-state index in [9.17, 15) is 14.0 Å². The monoisotopic (exact) mass is 449 g/mol. The molecular weight excluding hydrogens is 421 g/mol. The van der Waals surface area contributed by atoms with Gasteiger partial charge in [-0.15, -0.1) is 0 Å². The minimum Gasteiger partial charge on any atom is -0.465 e. The van der Waals surface area contributed by atoms with Gasteiger partial charge in [0, 0.05) is 18.3 Å². The zero-order chi connectivity index (χ0) is 23.2. The Hall–Kier alpha value is -3.32. The lowest BCUT2D eigenvalue weighted by molar-refractivity contribution is -0.148. The summed E-state index contributed by atoms with van der Waals surface area (Å²) in [7, 11) is 0. The van der Waals surface area contributed by atoms with Gasteiger partial charge >= 0.3 is 5.97 Å². The molecule has 7 heteroatoms. The number of amides is 1. The summed E-state index contributed by atoms with van der Waals surface area (Å²) in [5.74, 6) is -1.18. The molecule has 0 saturated heterocycles. The van der Waals surface area contributed by atoms with Crippen molar-refractivity contribution in [1.82, 2.24) is 4.98 Å². The van der Waals surface area contributed by atoms with Crippen molar-refractivity contribution in [2.75, 3.05) is 11.9 Å². The second-order valence-electron chi connectivity index (χ2n) is 8.53. The van der Waals surface area contributed by atoms with E-state index < -0.39 is 11.7 Å². The molecule has 1 fully saturated rings. The number of anilines is 1. The third-order valence-corrected chi connectivity index (χ3v) is 6.23. The first kappa shape index (κ1) is 22.9. The number of nitrogens with zero attached hydrogens (tertiary/aromatic N) is 1. The molecule has 1 aromatic heterocycles. The van der Waals surface area contributed by atoms with Gasteiger partial charge in [-0.2, -0.15) is 0 Å². The van der Waals surface area contributed by atoms with Crippen molar-refractivity contribution in [2.45, 2.75) is 38.6 Å². The summed E-state index contributed by atoms with van der Waals surface area (Å²) in [6.07, 6.45) is 13.4. The number of rotatable bonds is 7. The Morgan fingerprint density at radius 2 is 2.03 bits per heavy atom. The number of ether oxygens (including phenoxy) is 1. The van der Waals surface area contributed by atoms with Crippen LogP contribution in [0.15, 0.2) is 54.9 Å². The van der Waals surface area contributed by atoms with E-state index in [1.54, 1.807) is 18.2 Å². The molecular formula is C26H28FN3O3. The third-order valence-electron chi connectivity index (χ3n) is 6.23. The van der Waals surface area contributed by atoms with Crippen LogP contribution in [0, 0.1) is 17.7 Å². The van der Waals surface area contributed by atoms with Crippen LogP contribution in [0.4, 0.5) is 10.1 Å². The van der Waals surface area contributed by atoms with Crippen LogP contribution in [-0.2, 0) is 16.1 Å². The molecule has 2 aliphatic rings. The molecule has 33 heavy (non-hydrogen) atoms. The van der Waals surface area contributed by atoms with Crippen LogP contribution in [0.25, 0.3) is 5.57 Å². The molecule has 0 bridgehead atoms. The number of nitrogens with one attached hydrogen (secondary N) is 1. The number of benzene rings is 1. The summed E-state index contributed by atoms with van der Waals surface area (Å²) < 4.78 is 19.5. The van der Waals surface area contributed by atoms with E-state index in [1.807, 2.05) is 18.2 Å². The molecule has 1 unspecified atom stereocenters. The van der Waals surface area contributed by atoms with Gasteiger partial charge in [0.2, 0.25) is 0 Å². The first-order chi connectivity index (χ1) is 16.0. The van der Waals surface area contributed by atoms with Crippen LogP contribution < -0.4 is 11.1 Å². The highest BCUT2D eigenvalue weighted by molar-refractivity contribution is 6.05. The number of esters is 1. The van der Waals surface area contributed by atoms with Crippen LogP contribution in [0.5, 0.6) is 0 Å². The van der Waals surface area contributed by atoms with E-state index in [2.05, 4.69) is 10.3 Å². The van der Waals surface area contributed by atoms with Crippen molar-refractivity contribution in [3.8, 4) is 0 Å². The van der Waals surface area contributed by atoms with Crippen molar-refractivity contribution in [1.29, 1.82) is 0 Å². The molecule has 1 heterocycles. The molecule has 2 aromatic rings. The highest BCUT2D eigenvalue weighted by atomic mass is 19.1. The molecule has 3 N–H and O–H groups in total. The molecule has 1 amide bonds. The van der Waals surface area contributed by atoms with Gasteiger partial charge in [-0.3, -0.25) is 14.6 Å². The van der Waals surface area contributed by atoms with Crippen LogP contribution >= 0.6 is 0 Å². The minimum atomic E-state index is -0.610. The number of carbonyl (C=O) groups is 2. The molecule has 4 rings (SSSR count). The lowest BCUT2D eigenvalue weighted by Gasteiger charge is -2.19. The number of hydrogen-bond donors (Lipinski definition) is 2. The summed E-state index contributed by atoms with van der Waals surface area (Å²) >= 11 is 0. The summed E-state index contributed by atoms with van der Waals surface area (Å²) in [5.41, 5.74) is 8.78. The number of carbonyl (C=O) groups excluding carboxylic acids is 2. The Bertz CT molecular complexity index is 1090. The van der Waals surface area contributed by atoms with Gasteiger partial charge in [0.25, 0.3) is 5.91 Å². The summed E-state index contributed by atoms with van der Waals surface area (Å²) in [6.45, 7) is 0.760. The standard InChI is InChI=1S/C26H28FN3O3/c27-23-15-29-11-10-24(23)30-25(31)19-8-9-21(14-28)22(13-19)18-6-3-7-20(12-18)26(32)33-16-17-4-1-2-5-17/h3,6,8-13,15,17,20H,1-2,4-5,7,14,16,28H2,(H,29,30,31). The predicted octanol–water partition coefficient (Wildman–Crippen LogP) is 4.62. The number of aromatic nitrogens is 1. The molecule has 1 atom stereocenters. The van der Waals surface area contributed by atoms with Crippen molar-refractivity contribution >= 4 is 23.1 Å². The molecule has 172 valence electrons. The van der Waals surface area contributed by atoms with Gasteiger partial charge in [0.05, 0.1) is 24.4 Å². The van der Waals surface area contributed by atoms with Gasteiger partial charge < -0.3 is 15.8 Å². The van der Waals surface area contributed by atoms with Crippen molar-refractivity contribution in [3.63, 3.8) is 0 Å². The molecule has 0 aliphatic heterocycles. The van der Waals surface area contributed by atoms with Gasteiger partial charge in [-0.1, -0.05) is 37.1 Å². The fourth-order valence-corrected chi connectivity index (χ4v) is 4.35. The van der Waals surface area contributed by atoms with Crippen LogP contribution in [0.3, 0.4) is 0 Å². The summed E-state index contributed by atoms with van der Waals surface area (Å²) in [4.78, 5) is 29.1. The predicted molar refractivity (Wildman–Crippen MR) is 125 cm³/mol. The molecule has 6 nitrogen and oxygen atoms in total. The summed E-state index contributed by atoms with van der Waals surface area (Å²) in [5, 5.41) is 2.57. The highest BCUT2D eigenvalue weighted by Gasteiger charge is 2.23. The number of nitrogens with two attached hydrogens (primary N) is 1. The zero-order valence-corrected chi connectivity index (χ0v) is 18.4. The van der Waals surface area contributed by atoms with Crippen molar-refractivity contribution in [2.24, 2.45) is 17.6 Å². The van der Waals surface area contributed by atoms with Gasteiger partial charge in [-0.25, -0.2) is 4.39 Å². The first-order valence-corrected chi connectivity index (χ1v) is 11.3. The maximum atomic E-state index is 13.9. The number of halogens is 1. The number of allylic oxidation sites excluding steroid dienone is 3. The van der Waals surface area contributed by atoms with E-state index in [0.717, 1.165) is 35.7 Å². The molecule has 2 aliphatic carbocycles. The topological polar surface area (TPSA) is 94.3 Å². The molecule has 0 radical (unpaired) electrons. The Kier molecular flexibility index (Phi) is 7.29. The Labute approximate surface area is 192 Å². The minimum absolute atomic E-state index is 0.0568. The maximum absolute atomic E-state index is 13.9. The van der Waals surface area contributed by atoms with Gasteiger partial charge in [0.15, 0.2) is 5.82 Å². The van der Waals surface area contributed by atoms with E-state index >= 15 is 0 Å². The van der Waals surface area contributed by atoms with E-state index in [4.69, 9.17) is 10.5 Å². The first-order valence-electron chi connectivity index (χ1n) is 11.3. The average molecular weight is 450 g/mol. The van der Waals surface area contributed by atoms with E-state index in [-0.39, 0.29) is 24.1 Å². The Morgan fingerprint density at radius 1 is 1.21 bits per heavy atom. The second kappa shape index (κ2) is 10.5. The van der Waals surface area contributed by atoms with Crippen LogP contribution in [-0.4, -0.2) is 23.5 Å². The van der Waals surface area contributed by atoms with E-state index in [1.165, 1.54) is 25.1 Å². The quantitative estimate of drug-likeness (QED) is 0.602. The normalized spacial score (nSPS) is 18.1. The lowest BCUT2D eigenvalue weighted by atomic mass is 9.89. The molecule has 1 aromatic carbocycles. The fourth-order valence-electron chi connectivity index (χ4n) is 4.35. The van der Waals surface area contributed by atoms with E-state index in [0.29, 0.717) is 24.5 Å². The highest BCUT2D eigenvalue weighted by Crippen LogP contribution is 2.30. The number of pyridine rings is 1. The molecule has 0 spiro atoms. The largest absolute Gasteiger partial charge is 0.465 e. The summed E-state index contributed by atoms with van der Waals surface area (Å²) in [6, 6.07) is 6.56. The van der Waals surface area contributed by atoms with Gasteiger partial charge in [0.1, 0.15) is 0 Å². The van der Waals surface area contributed by atoms with Crippen LogP contribution in [0.2, 0.25) is 0 Å². The second-order valence-corrected chi connectivity index (χ2v) is 8.53. The van der Waals surface area contributed by atoms with Crippen molar-refractivity contribution in [3.05, 3.63) is 77.4 Å². The fraction of sp³-hybridized carbons (Fsp3) is 0.346. The Morgan fingerprint density at radius 3 is 2.79 bits per heavy atom. The smallest absolute Gasteiger partial charge is 0.313 e. The van der Waals surface area contributed by atoms with Crippen LogP contribution in [0.1, 0.15) is 53.6 Å². The zero-order valence-electron chi connectivity index (χ0n) is 18.4. The number of hydrogen-bond acceptors (Lipinski definition) is 5. The molecule has 1 saturated carbocycles. The Balaban J connectivity index is 1.52. The SMILES string of the molecule is NCc1ccc(C(=O)Nc2ccncc2F)cc1C1=CC(C(=O)OCC2CCCC2)CC=C1. The van der Waals surface area contributed by atoms with Gasteiger partial charge in [-0.05, 0) is 60.1 Å². The average Bonchev–Trinajstić information content (AvgIpc) is 3.37. The third kappa shape index (κ3) is 5.54. The maximum Gasteiger partial charge on any atom is 0.313 e. The lowest BCUT2D eigenvalue weighted by Crippen LogP contribution is -2.20.